The van der Waals surface area contributed by atoms with Gasteiger partial charge in [-0.3, -0.25) is 4.79 Å². The SMILES string of the molecule is Cn1nc([N+](=O)[O-])c(Cl)c(Oc2ccc(C#N)cc2)c1=O. The van der Waals surface area contributed by atoms with Gasteiger partial charge in [-0.05, 0) is 29.2 Å². The van der Waals surface area contributed by atoms with Crippen LogP contribution in [0.2, 0.25) is 5.02 Å². The summed E-state index contributed by atoms with van der Waals surface area (Å²) in [6, 6.07) is 7.77. The summed E-state index contributed by atoms with van der Waals surface area (Å²) < 4.78 is 6.06. The minimum absolute atomic E-state index is 0.216. The summed E-state index contributed by atoms with van der Waals surface area (Å²) in [5, 5.41) is 22.5. The molecular formula is C12H7ClN4O4. The molecule has 0 aliphatic carbocycles. The molecule has 0 radical (unpaired) electrons. The molecule has 0 fully saturated rings. The van der Waals surface area contributed by atoms with Crippen LogP contribution in [0.1, 0.15) is 5.56 Å². The van der Waals surface area contributed by atoms with Crippen molar-refractivity contribution in [3.63, 3.8) is 0 Å². The van der Waals surface area contributed by atoms with E-state index in [1.165, 1.54) is 31.3 Å². The van der Waals surface area contributed by atoms with Crippen LogP contribution in [0.15, 0.2) is 29.1 Å². The first kappa shape index (κ1) is 14.5. The second-order valence-corrected chi connectivity index (χ2v) is 4.27. The minimum Gasteiger partial charge on any atom is -0.449 e. The Morgan fingerprint density at radius 3 is 2.57 bits per heavy atom. The predicted octanol–water partition coefficient (Wildman–Crippen LogP) is 2.01. The molecule has 0 unspecified atom stereocenters. The second kappa shape index (κ2) is 5.60. The summed E-state index contributed by atoms with van der Waals surface area (Å²) >= 11 is 5.79. The number of nitriles is 1. The summed E-state index contributed by atoms with van der Waals surface area (Å²) in [5.74, 6) is -0.860. The molecule has 0 spiro atoms. The zero-order chi connectivity index (χ0) is 15.6. The van der Waals surface area contributed by atoms with E-state index >= 15 is 0 Å². The van der Waals surface area contributed by atoms with E-state index < -0.39 is 27.1 Å². The van der Waals surface area contributed by atoms with Crippen molar-refractivity contribution in [3.8, 4) is 17.6 Å². The van der Waals surface area contributed by atoms with Crippen molar-refractivity contribution in [1.82, 2.24) is 9.78 Å². The molecule has 21 heavy (non-hydrogen) atoms. The number of halogens is 1. The third-order valence-electron chi connectivity index (χ3n) is 2.50. The van der Waals surface area contributed by atoms with Crippen molar-refractivity contribution in [2.75, 3.05) is 0 Å². The zero-order valence-electron chi connectivity index (χ0n) is 10.6. The van der Waals surface area contributed by atoms with Crippen molar-refractivity contribution in [2.45, 2.75) is 0 Å². The predicted molar refractivity (Wildman–Crippen MR) is 72.4 cm³/mol. The van der Waals surface area contributed by atoms with Crippen LogP contribution in [-0.2, 0) is 7.05 Å². The van der Waals surface area contributed by atoms with Crippen molar-refractivity contribution in [1.29, 1.82) is 5.26 Å². The summed E-state index contributed by atoms with van der Waals surface area (Å²) in [6.45, 7) is 0. The number of benzene rings is 1. The molecule has 9 heteroatoms. The summed E-state index contributed by atoms with van der Waals surface area (Å²) in [4.78, 5) is 21.9. The van der Waals surface area contributed by atoms with Gasteiger partial charge < -0.3 is 14.9 Å². The minimum atomic E-state index is -0.812. The van der Waals surface area contributed by atoms with Crippen LogP contribution in [0.3, 0.4) is 0 Å². The molecule has 0 saturated carbocycles. The lowest BCUT2D eigenvalue weighted by atomic mass is 10.2. The fourth-order valence-electron chi connectivity index (χ4n) is 1.49. The van der Waals surface area contributed by atoms with Crippen molar-refractivity contribution >= 4 is 17.4 Å². The van der Waals surface area contributed by atoms with Crippen molar-refractivity contribution in [3.05, 3.63) is 55.3 Å². The number of aryl methyl sites for hydroxylation is 1. The molecule has 106 valence electrons. The van der Waals surface area contributed by atoms with Gasteiger partial charge in [-0.2, -0.15) is 5.26 Å². The lowest BCUT2D eigenvalue weighted by Gasteiger charge is -2.07. The number of rotatable bonds is 3. The third kappa shape index (κ3) is 2.82. The van der Waals surface area contributed by atoms with E-state index in [-0.39, 0.29) is 5.75 Å². The van der Waals surface area contributed by atoms with Gasteiger partial charge in [0.15, 0.2) is 5.02 Å². The van der Waals surface area contributed by atoms with Crippen LogP contribution >= 0.6 is 11.6 Å². The fraction of sp³-hybridized carbons (Fsp3) is 0.0833. The summed E-state index contributed by atoms with van der Waals surface area (Å²) in [5.41, 5.74) is -0.308. The third-order valence-corrected chi connectivity index (χ3v) is 2.85. The van der Waals surface area contributed by atoms with Gasteiger partial charge in [-0.25, -0.2) is 0 Å². The maximum atomic E-state index is 11.9. The normalized spacial score (nSPS) is 9.95. The molecule has 0 amide bonds. The molecule has 0 aliphatic heterocycles. The molecule has 1 aromatic carbocycles. The monoisotopic (exact) mass is 306 g/mol. The van der Waals surface area contributed by atoms with Gasteiger partial charge in [-0.1, -0.05) is 11.6 Å². The molecule has 2 aromatic rings. The zero-order valence-corrected chi connectivity index (χ0v) is 11.4. The van der Waals surface area contributed by atoms with Crippen molar-refractivity contribution in [2.24, 2.45) is 7.05 Å². The highest BCUT2D eigenvalue weighted by Crippen LogP contribution is 2.31. The number of nitro groups is 1. The Balaban J connectivity index is 2.50. The lowest BCUT2D eigenvalue weighted by molar-refractivity contribution is -0.390. The largest absolute Gasteiger partial charge is 0.449 e. The highest BCUT2D eigenvalue weighted by atomic mass is 35.5. The smallest absolute Gasteiger partial charge is 0.411 e. The molecule has 0 N–H and O–H groups in total. The molecule has 8 nitrogen and oxygen atoms in total. The number of hydrogen-bond acceptors (Lipinski definition) is 6. The second-order valence-electron chi connectivity index (χ2n) is 3.89. The Hall–Kier alpha value is -2.92. The molecule has 0 atom stereocenters. The summed E-state index contributed by atoms with van der Waals surface area (Å²) in [7, 11) is 1.25. The highest BCUT2D eigenvalue weighted by molar-refractivity contribution is 6.33. The van der Waals surface area contributed by atoms with E-state index in [2.05, 4.69) is 5.10 Å². The van der Waals surface area contributed by atoms with Crippen molar-refractivity contribution < 1.29 is 9.66 Å². The first-order chi connectivity index (χ1) is 9.93. The molecule has 1 heterocycles. The number of ether oxygens (including phenoxy) is 1. The van der Waals surface area contributed by atoms with Gasteiger partial charge in [-0.15, -0.1) is 4.68 Å². The van der Waals surface area contributed by atoms with Crippen LogP contribution in [-0.4, -0.2) is 14.7 Å². The molecule has 2 rings (SSSR count). The van der Waals surface area contributed by atoms with E-state index in [1.54, 1.807) is 0 Å². The van der Waals surface area contributed by atoms with E-state index in [0.717, 1.165) is 4.68 Å². The van der Waals surface area contributed by atoms with Gasteiger partial charge in [0.1, 0.15) is 5.75 Å². The van der Waals surface area contributed by atoms with Gasteiger partial charge in [0.05, 0.1) is 23.8 Å². The van der Waals surface area contributed by atoms with Crippen LogP contribution < -0.4 is 10.3 Å². The quantitative estimate of drug-likeness (QED) is 0.633. The molecule has 0 aliphatic rings. The first-order valence-electron chi connectivity index (χ1n) is 5.53. The molecular weight excluding hydrogens is 300 g/mol. The maximum Gasteiger partial charge on any atom is 0.411 e. The Morgan fingerprint density at radius 1 is 1.43 bits per heavy atom. The molecule has 1 aromatic heterocycles. The van der Waals surface area contributed by atoms with Gasteiger partial charge >= 0.3 is 11.4 Å². The van der Waals surface area contributed by atoms with Gasteiger partial charge in [0.2, 0.25) is 5.75 Å². The van der Waals surface area contributed by atoms with E-state index in [4.69, 9.17) is 21.6 Å². The Kier molecular flexibility index (Phi) is 3.86. The van der Waals surface area contributed by atoms with Gasteiger partial charge in [0.25, 0.3) is 0 Å². The Morgan fingerprint density at radius 2 is 2.05 bits per heavy atom. The van der Waals surface area contributed by atoms with E-state index in [9.17, 15) is 14.9 Å². The number of hydrogen-bond donors (Lipinski definition) is 0. The van der Waals surface area contributed by atoms with Crippen LogP contribution in [0.25, 0.3) is 0 Å². The van der Waals surface area contributed by atoms with E-state index in [1.807, 2.05) is 6.07 Å². The maximum absolute atomic E-state index is 11.9. The number of nitrogens with zero attached hydrogens (tertiary/aromatic N) is 4. The van der Waals surface area contributed by atoms with Crippen LogP contribution in [0.4, 0.5) is 5.82 Å². The molecule has 0 saturated heterocycles. The highest BCUT2D eigenvalue weighted by Gasteiger charge is 2.25. The van der Waals surface area contributed by atoms with Gasteiger partial charge in [0, 0.05) is 0 Å². The first-order valence-corrected chi connectivity index (χ1v) is 5.91. The average molecular weight is 307 g/mol. The summed E-state index contributed by atoms with van der Waals surface area (Å²) in [6.07, 6.45) is 0. The standard InChI is InChI=1S/C12H7ClN4O4/c1-16-12(18)10(9(13)11(15-16)17(19)20)21-8-4-2-7(6-14)3-5-8/h2-5H,1H3. The lowest BCUT2D eigenvalue weighted by Crippen LogP contribution is -2.22. The van der Waals surface area contributed by atoms with Crippen LogP contribution in [0.5, 0.6) is 11.5 Å². The average Bonchev–Trinajstić information content (AvgIpc) is 2.47. The molecule has 0 bridgehead atoms. The Labute approximate surface area is 122 Å². The van der Waals surface area contributed by atoms with E-state index in [0.29, 0.717) is 5.56 Å². The fourth-order valence-corrected chi connectivity index (χ4v) is 1.72. The number of aromatic nitrogens is 2. The topological polar surface area (TPSA) is 111 Å². The Bertz CT molecular complexity index is 808. The van der Waals surface area contributed by atoms with Crippen LogP contribution in [0, 0.1) is 21.4 Å².